The van der Waals surface area contributed by atoms with Crippen molar-refractivity contribution in [3.63, 3.8) is 0 Å². The van der Waals surface area contributed by atoms with Crippen LogP contribution in [0.2, 0.25) is 5.02 Å². The van der Waals surface area contributed by atoms with Gasteiger partial charge in [0.15, 0.2) is 0 Å². The Morgan fingerprint density at radius 3 is 2.45 bits per heavy atom. The van der Waals surface area contributed by atoms with Crippen molar-refractivity contribution in [2.75, 3.05) is 13.2 Å². The van der Waals surface area contributed by atoms with Crippen LogP contribution in [-0.4, -0.2) is 19.2 Å². The molecule has 0 saturated heterocycles. The zero-order valence-corrected chi connectivity index (χ0v) is 13.9. The summed E-state index contributed by atoms with van der Waals surface area (Å²) >= 11 is 6.29. The van der Waals surface area contributed by atoms with Gasteiger partial charge in [0.05, 0.1) is 6.10 Å². The lowest BCUT2D eigenvalue weighted by atomic mass is 10.1. The Bertz CT molecular complexity index is 379. The van der Waals surface area contributed by atoms with E-state index in [-0.39, 0.29) is 6.10 Å². The van der Waals surface area contributed by atoms with Gasteiger partial charge in [-0.15, -0.1) is 0 Å². The SMILES string of the molecule is CC(C)CCCOC(CNC(C)C)c1ccccc1Cl. The van der Waals surface area contributed by atoms with Crippen molar-refractivity contribution < 1.29 is 4.74 Å². The highest BCUT2D eigenvalue weighted by molar-refractivity contribution is 6.31. The minimum atomic E-state index is 0.0262. The van der Waals surface area contributed by atoms with Gasteiger partial charge in [-0.05, 0) is 24.8 Å². The van der Waals surface area contributed by atoms with Crippen LogP contribution >= 0.6 is 11.6 Å². The van der Waals surface area contributed by atoms with Crippen LogP contribution < -0.4 is 5.32 Å². The van der Waals surface area contributed by atoms with E-state index in [0.29, 0.717) is 6.04 Å². The maximum Gasteiger partial charge on any atom is 0.0963 e. The molecule has 20 heavy (non-hydrogen) atoms. The molecule has 0 amide bonds. The molecule has 0 heterocycles. The maximum absolute atomic E-state index is 6.29. The number of benzene rings is 1. The van der Waals surface area contributed by atoms with Gasteiger partial charge in [0.25, 0.3) is 0 Å². The highest BCUT2D eigenvalue weighted by atomic mass is 35.5. The normalized spacial score (nSPS) is 13.2. The van der Waals surface area contributed by atoms with E-state index in [1.54, 1.807) is 0 Å². The molecule has 0 bridgehead atoms. The third-order valence-corrected chi connectivity index (χ3v) is 3.55. The Balaban J connectivity index is 2.58. The predicted molar refractivity (Wildman–Crippen MR) is 87.4 cm³/mol. The van der Waals surface area contributed by atoms with Crippen LogP contribution in [0.5, 0.6) is 0 Å². The van der Waals surface area contributed by atoms with Crippen molar-refractivity contribution >= 4 is 11.6 Å². The van der Waals surface area contributed by atoms with Gasteiger partial charge in [0.2, 0.25) is 0 Å². The summed E-state index contributed by atoms with van der Waals surface area (Å²) in [5.74, 6) is 0.728. The molecular formula is C17H28ClNO. The second kappa shape index (κ2) is 9.38. The van der Waals surface area contributed by atoms with Crippen molar-refractivity contribution in [1.29, 1.82) is 0 Å². The standard InChI is InChI=1S/C17H28ClNO/c1-13(2)8-7-11-20-17(12-19-14(3)4)15-9-5-6-10-16(15)18/h5-6,9-10,13-14,17,19H,7-8,11-12H2,1-4H3. The lowest BCUT2D eigenvalue weighted by molar-refractivity contribution is 0.0475. The largest absolute Gasteiger partial charge is 0.372 e. The number of hydrogen-bond acceptors (Lipinski definition) is 2. The van der Waals surface area contributed by atoms with E-state index >= 15 is 0 Å². The molecule has 0 fully saturated rings. The van der Waals surface area contributed by atoms with Crippen LogP contribution in [0.1, 0.15) is 52.2 Å². The van der Waals surface area contributed by atoms with E-state index in [4.69, 9.17) is 16.3 Å². The zero-order valence-electron chi connectivity index (χ0n) is 13.2. The van der Waals surface area contributed by atoms with E-state index in [1.165, 1.54) is 6.42 Å². The Labute approximate surface area is 128 Å². The van der Waals surface area contributed by atoms with E-state index in [0.717, 1.165) is 36.1 Å². The molecule has 1 atom stereocenters. The smallest absolute Gasteiger partial charge is 0.0963 e. The molecule has 0 spiro atoms. The maximum atomic E-state index is 6.29. The minimum Gasteiger partial charge on any atom is -0.372 e. The van der Waals surface area contributed by atoms with E-state index in [1.807, 2.05) is 18.2 Å². The van der Waals surface area contributed by atoms with Gasteiger partial charge in [0, 0.05) is 29.8 Å². The Morgan fingerprint density at radius 2 is 1.85 bits per heavy atom. The van der Waals surface area contributed by atoms with Gasteiger partial charge in [-0.1, -0.05) is 57.5 Å². The summed E-state index contributed by atoms with van der Waals surface area (Å²) in [7, 11) is 0. The third-order valence-electron chi connectivity index (χ3n) is 3.21. The third kappa shape index (κ3) is 6.74. The Morgan fingerprint density at radius 1 is 1.15 bits per heavy atom. The molecule has 0 aromatic heterocycles. The molecule has 0 radical (unpaired) electrons. The van der Waals surface area contributed by atoms with Crippen LogP contribution in [0.3, 0.4) is 0 Å². The molecule has 3 heteroatoms. The van der Waals surface area contributed by atoms with Crippen molar-refractivity contribution in [3.05, 3.63) is 34.9 Å². The first-order chi connectivity index (χ1) is 9.50. The summed E-state index contributed by atoms with van der Waals surface area (Å²) in [6.07, 6.45) is 2.32. The molecular weight excluding hydrogens is 270 g/mol. The van der Waals surface area contributed by atoms with Crippen LogP contribution in [0.15, 0.2) is 24.3 Å². The number of ether oxygens (including phenoxy) is 1. The fourth-order valence-corrected chi connectivity index (χ4v) is 2.31. The van der Waals surface area contributed by atoms with Crippen LogP contribution in [-0.2, 0) is 4.74 Å². The van der Waals surface area contributed by atoms with Gasteiger partial charge < -0.3 is 10.1 Å². The molecule has 1 aromatic carbocycles. The first kappa shape index (κ1) is 17.5. The van der Waals surface area contributed by atoms with Gasteiger partial charge in [-0.3, -0.25) is 0 Å². The fourth-order valence-electron chi connectivity index (χ4n) is 2.05. The van der Waals surface area contributed by atoms with E-state index in [9.17, 15) is 0 Å². The highest BCUT2D eigenvalue weighted by Crippen LogP contribution is 2.25. The summed E-state index contributed by atoms with van der Waals surface area (Å²) in [5, 5.41) is 4.22. The fraction of sp³-hybridized carbons (Fsp3) is 0.647. The summed E-state index contributed by atoms with van der Waals surface area (Å²) < 4.78 is 6.06. The average Bonchev–Trinajstić information content (AvgIpc) is 2.38. The number of halogens is 1. The first-order valence-corrected chi connectivity index (χ1v) is 7.98. The number of nitrogens with one attached hydrogen (secondary N) is 1. The summed E-state index contributed by atoms with van der Waals surface area (Å²) in [5.41, 5.74) is 1.08. The molecule has 0 aliphatic heterocycles. The average molecular weight is 298 g/mol. The Hall–Kier alpha value is -0.570. The van der Waals surface area contributed by atoms with Gasteiger partial charge in [0.1, 0.15) is 0 Å². The second-order valence-corrected chi connectivity index (χ2v) is 6.39. The molecule has 1 unspecified atom stereocenters. The molecule has 114 valence electrons. The van der Waals surface area contributed by atoms with Gasteiger partial charge >= 0.3 is 0 Å². The van der Waals surface area contributed by atoms with Gasteiger partial charge in [-0.2, -0.15) is 0 Å². The molecule has 2 nitrogen and oxygen atoms in total. The monoisotopic (exact) mass is 297 g/mol. The minimum absolute atomic E-state index is 0.0262. The Kier molecular flexibility index (Phi) is 8.20. The summed E-state index contributed by atoms with van der Waals surface area (Å²) in [4.78, 5) is 0. The summed E-state index contributed by atoms with van der Waals surface area (Å²) in [6, 6.07) is 8.39. The lowest BCUT2D eigenvalue weighted by Gasteiger charge is -2.21. The molecule has 1 aromatic rings. The number of rotatable bonds is 9. The van der Waals surface area contributed by atoms with Crippen molar-refractivity contribution in [3.8, 4) is 0 Å². The van der Waals surface area contributed by atoms with Crippen LogP contribution in [0.4, 0.5) is 0 Å². The molecule has 0 aliphatic rings. The molecule has 0 aliphatic carbocycles. The quantitative estimate of drug-likeness (QED) is 0.659. The van der Waals surface area contributed by atoms with Crippen LogP contribution in [0.25, 0.3) is 0 Å². The van der Waals surface area contributed by atoms with E-state index < -0.39 is 0 Å². The topological polar surface area (TPSA) is 21.3 Å². The predicted octanol–water partition coefficient (Wildman–Crippen LogP) is 4.83. The van der Waals surface area contributed by atoms with Crippen molar-refractivity contribution in [2.24, 2.45) is 5.92 Å². The van der Waals surface area contributed by atoms with Gasteiger partial charge in [-0.25, -0.2) is 0 Å². The molecule has 1 rings (SSSR count). The van der Waals surface area contributed by atoms with Crippen molar-refractivity contribution in [2.45, 2.75) is 52.7 Å². The highest BCUT2D eigenvalue weighted by Gasteiger charge is 2.15. The molecule has 1 N–H and O–H groups in total. The lowest BCUT2D eigenvalue weighted by Crippen LogP contribution is -2.29. The van der Waals surface area contributed by atoms with Crippen LogP contribution in [0, 0.1) is 5.92 Å². The first-order valence-electron chi connectivity index (χ1n) is 7.60. The van der Waals surface area contributed by atoms with Crippen molar-refractivity contribution in [1.82, 2.24) is 5.32 Å². The molecule has 0 saturated carbocycles. The second-order valence-electron chi connectivity index (χ2n) is 5.98. The summed E-state index contributed by atoms with van der Waals surface area (Å²) in [6.45, 7) is 10.3. The van der Waals surface area contributed by atoms with E-state index in [2.05, 4.69) is 39.1 Å². The zero-order chi connectivity index (χ0) is 15.0. The number of hydrogen-bond donors (Lipinski definition) is 1.